The summed E-state index contributed by atoms with van der Waals surface area (Å²) in [6.07, 6.45) is 7.06. The fourth-order valence-corrected chi connectivity index (χ4v) is 3.42. The number of nitrogens with zero attached hydrogens (tertiary/aromatic N) is 4. The second-order valence-electron chi connectivity index (χ2n) is 6.73. The van der Waals surface area contributed by atoms with Crippen LogP contribution in [0.15, 0.2) is 16.7 Å². The van der Waals surface area contributed by atoms with E-state index in [0.717, 1.165) is 45.4 Å². The first-order chi connectivity index (χ1) is 12.2. The van der Waals surface area contributed by atoms with Gasteiger partial charge in [-0.05, 0) is 33.1 Å². The van der Waals surface area contributed by atoms with Crippen LogP contribution < -0.4 is 0 Å². The van der Waals surface area contributed by atoms with Crippen molar-refractivity contribution < 1.29 is 14.1 Å². The van der Waals surface area contributed by atoms with E-state index >= 15 is 0 Å². The molecule has 1 aliphatic heterocycles. The predicted molar refractivity (Wildman–Crippen MR) is 92.7 cm³/mol. The van der Waals surface area contributed by atoms with Gasteiger partial charge in [-0.3, -0.25) is 9.69 Å². The molecule has 2 aliphatic rings. The summed E-state index contributed by atoms with van der Waals surface area (Å²) in [5.41, 5.74) is 0. The summed E-state index contributed by atoms with van der Waals surface area (Å²) < 4.78 is 10.8. The van der Waals surface area contributed by atoms with Gasteiger partial charge in [0.1, 0.15) is 6.10 Å². The molecular formula is C18H28N4O3. The monoisotopic (exact) mass is 348 g/mol. The maximum absolute atomic E-state index is 12.6. The van der Waals surface area contributed by atoms with Crippen LogP contribution in [0.2, 0.25) is 0 Å². The highest BCUT2D eigenvalue weighted by atomic mass is 16.5. The number of amides is 1. The Bertz CT molecular complexity index is 593. The first-order valence-corrected chi connectivity index (χ1v) is 9.27. The molecule has 1 fully saturated rings. The number of hydrogen-bond acceptors (Lipinski definition) is 6. The Morgan fingerprint density at radius 1 is 1.36 bits per heavy atom. The van der Waals surface area contributed by atoms with E-state index in [2.05, 4.69) is 27.2 Å². The van der Waals surface area contributed by atoms with Gasteiger partial charge in [0.15, 0.2) is 5.82 Å². The normalized spacial score (nSPS) is 23.0. The maximum Gasteiger partial charge on any atom is 0.240 e. The topological polar surface area (TPSA) is 71.7 Å². The minimum absolute atomic E-state index is 0.151. The van der Waals surface area contributed by atoms with Crippen LogP contribution in [0.5, 0.6) is 0 Å². The molecule has 1 saturated heterocycles. The zero-order valence-corrected chi connectivity index (χ0v) is 15.2. The molecule has 0 saturated carbocycles. The summed E-state index contributed by atoms with van der Waals surface area (Å²) >= 11 is 0. The van der Waals surface area contributed by atoms with E-state index in [-0.39, 0.29) is 12.0 Å². The van der Waals surface area contributed by atoms with Crippen LogP contribution in [0.4, 0.5) is 0 Å². The highest BCUT2D eigenvalue weighted by Crippen LogP contribution is 2.21. The summed E-state index contributed by atoms with van der Waals surface area (Å²) in [5.74, 6) is 1.69. The molecule has 0 radical (unpaired) electrons. The molecule has 1 aromatic rings. The van der Waals surface area contributed by atoms with Crippen molar-refractivity contribution in [1.29, 1.82) is 0 Å². The molecule has 7 nitrogen and oxygen atoms in total. The number of hydrogen-bond donors (Lipinski definition) is 0. The molecule has 7 heteroatoms. The number of ether oxygens (including phenoxy) is 1. The fourth-order valence-electron chi connectivity index (χ4n) is 3.42. The van der Waals surface area contributed by atoms with Crippen LogP contribution in [0.1, 0.15) is 50.9 Å². The summed E-state index contributed by atoms with van der Waals surface area (Å²) in [6.45, 7) is 8.34. The van der Waals surface area contributed by atoms with E-state index in [0.29, 0.717) is 30.8 Å². The van der Waals surface area contributed by atoms with Gasteiger partial charge in [-0.2, -0.15) is 4.98 Å². The van der Waals surface area contributed by atoms with Gasteiger partial charge in [0.2, 0.25) is 11.8 Å². The molecule has 2 atom stereocenters. The van der Waals surface area contributed by atoms with Gasteiger partial charge >= 0.3 is 0 Å². The molecule has 1 amide bonds. The molecule has 1 aliphatic carbocycles. The third kappa shape index (κ3) is 4.67. The number of carbonyl (C=O) groups excluding carboxylic acids is 1. The standard InChI is InChI=1S/C18H28N4O3/c1-3-24-14(2)17-19-16(25-20-17)13-21-9-11-22(12-10-21)18(23)15-7-5-4-6-8-15/h4-5,14-15H,3,6-13H2,1-2H3/t14-,15+/m1/s1. The molecule has 0 unspecified atom stereocenters. The SMILES string of the molecule is CCO[C@H](C)c1noc(CN2CCN(C(=O)[C@H]3CC=CCC3)CC2)n1. The Hall–Kier alpha value is -1.73. The van der Waals surface area contributed by atoms with Gasteiger partial charge in [-0.1, -0.05) is 17.3 Å². The first-order valence-electron chi connectivity index (χ1n) is 9.27. The van der Waals surface area contributed by atoms with E-state index in [9.17, 15) is 4.79 Å². The molecule has 0 spiro atoms. The maximum atomic E-state index is 12.6. The first kappa shape index (κ1) is 18.1. The number of piperazine rings is 1. The second-order valence-corrected chi connectivity index (χ2v) is 6.73. The zero-order chi connectivity index (χ0) is 17.6. The highest BCUT2D eigenvalue weighted by molar-refractivity contribution is 5.79. The zero-order valence-electron chi connectivity index (χ0n) is 15.2. The lowest BCUT2D eigenvalue weighted by molar-refractivity contribution is -0.137. The lowest BCUT2D eigenvalue weighted by Gasteiger charge is -2.36. The average molecular weight is 348 g/mol. The van der Waals surface area contributed by atoms with Crippen LogP contribution >= 0.6 is 0 Å². The third-order valence-electron chi connectivity index (χ3n) is 4.93. The van der Waals surface area contributed by atoms with E-state index in [1.807, 2.05) is 18.7 Å². The lowest BCUT2D eigenvalue weighted by atomic mass is 9.93. The molecule has 138 valence electrons. The van der Waals surface area contributed by atoms with E-state index in [4.69, 9.17) is 9.26 Å². The van der Waals surface area contributed by atoms with Crippen LogP contribution in [-0.2, 0) is 16.1 Å². The van der Waals surface area contributed by atoms with Gasteiger partial charge in [0.05, 0.1) is 6.54 Å². The Morgan fingerprint density at radius 2 is 2.16 bits per heavy atom. The van der Waals surface area contributed by atoms with Gasteiger partial charge < -0.3 is 14.2 Å². The van der Waals surface area contributed by atoms with Crippen molar-refractivity contribution in [3.63, 3.8) is 0 Å². The van der Waals surface area contributed by atoms with E-state index < -0.39 is 0 Å². The summed E-state index contributed by atoms with van der Waals surface area (Å²) in [6, 6.07) is 0. The Kier molecular flexibility index (Phi) is 6.20. The van der Waals surface area contributed by atoms with Crippen molar-refractivity contribution in [2.24, 2.45) is 5.92 Å². The van der Waals surface area contributed by atoms with Crippen LogP contribution in [0.25, 0.3) is 0 Å². The molecule has 1 aromatic heterocycles. The van der Waals surface area contributed by atoms with Crippen LogP contribution in [-0.4, -0.2) is 58.6 Å². The van der Waals surface area contributed by atoms with Gasteiger partial charge in [-0.15, -0.1) is 0 Å². The minimum atomic E-state index is -0.151. The highest BCUT2D eigenvalue weighted by Gasteiger charge is 2.28. The lowest BCUT2D eigenvalue weighted by Crippen LogP contribution is -2.50. The van der Waals surface area contributed by atoms with Gasteiger partial charge in [0, 0.05) is 38.7 Å². The molecule has 0 N–H and O–H groups in total. The largest absolute Gasteiger partial charge is 0.371 e. The number of carbonyl (C=O) groups is 1. The van der Waals surface area contributed by atoms with Crippen molar-refractivity contribution in [3.05, 3.63) is 23.9 Å². The number of rotatable bonds is 6. The molecule has 3 rings (SSSR count). The van der Waals surface area contributed by atoms with Crippen molar-refractivity contribution in [1.82, 2.24) is 19.9 Å². The summed E-state index contributed by atoms with van der Waals surface area (Å²) in [5, 5.41) is 4.00. The van der Waals surface area contributed by atoms with Crippen molar-refractivity contribution in [2.75, 3.05) is 32.8 Å². The predicted octanol–water partition coefficient (Wildman–Crippen LogP) is 2.17. The van der Waals surface area contributed by atoms with Gasteiger partial charge in [-0.25, -0.2) is 0 Å². The Balaban J connectivity index is 1.46. The van der Waals surface area contributed by atoms with Crippen molar-refractivity contribution in [3.8, 4) is 0 Å². The molecule has 0 bridgehead atoms. The molecule has 0 aromatic carbocycles. The quantitative estimate of drug-likeness (QED) is 0.734. The smallest absolute Gasteiger partial charge is 0.240 e. The number of aromatic nitrogens is 2. The van der Waals surface area contributed by atoms with E-state index in [1.165, 1.54) is 0 Å². The Labute approximate surface area is 149 Å². The summed E-state index contributed by atoms with van der Waals surface area (Å²) in [7, 11) is 0. The minimum Gasteiger partial charge on any atom is -0.371 e. The van der Waals surface area contributed by atoms with Gasteiger partial charge in [0.25, 0.3) is 0 Å². The Morgan fingerprint density at radius 3 is 2.84 bits per heavy atom. The molecule has 25 heavy (non-hydrogen) atoms. The van der Waals surface area contributed by atoms with Crippen molar-refractivity contribution >= 4 is 5.91 Å². The fraction of sp³-hybridized carbons (Fsp3) is 0.722. The van der Waals surface area contributed by atoms with E-state index in [1.54, 1.807) is 0 Å². The van der Waals surface area contributed by atoms with Crippen LogP contribution in [0.3, 0.4) is 0 Å². The van der Waals surface area contributed by atoms with Crippen molar-refractivity contribution in [2.45, 2.75) is 45.8 Å². The van der Waals surface area contributed by atoms with Crippen LogP contribution in [0, 0.1) is 5.92 Å². The third-order valence-corrected chi connectivity index (χ3v) is 4.93. The average Bonchev–Trinajstić information content (AvgIpc) is 3.11. The molecular weight excluding hydrogens is 320 g/mol. The number of allylic oxidation sites excluding steroid dienone is 2. The summed E-state index contributed by atoms with van der Waals surface area (Å²) in [4.78, 5) is 21.3. The second kappa shape index (κ2) is 8.58. The molecule has 2 heterocycles.